The van der Waals surface area contributed by atoms with Crippen LogP contribution in [0.2, 0.25) is 0 Å². The number of rotatable bonds is 3. The lowest BCUT2D eigenvalue weighted by molar-refractivity contribution is -0.119. The highest BCUT2D eigenvalue weighted by molar-refractivity contribution is 5.79. The van der Waals surface area contributed by atoms with E-state index in [2.05, 4.69) is 9.97 Å². The number of carbonyl (C=O) groups is 1. The van der Waals surface area contributed by atoms with Crippen LogP contribution in [-0.4, -0.2) is 21.9 Å². The van der Waals surface area contributed by atoms with Crippen LogP contribution in [0.3, 0.4) is 0 Å². The van der Waals surface area contributed by atoms with E-state index in [4.69, 9.17) is 11.5 Å². The molecular weight excluding hydrogens is 144 g/mol. The quantitative estimate of drug-likeness (QED) is 0.508. The molecule has 1 amide bonds. The molecule has 1 rings (SSSR count). The maximum atomic E-state index is 10.5. The number of carbonyl (C=O) groups excluding carboxylic acids is 1. The Morgan fingerprint density at radius 1 is 1.82 bits per heavy atom. The molecule has 0 saturated heterocycles. The number of hydrogen-bond donors (Lipinski definition) is 3. The molecule has 60 valence electrons. The predicted octanol–water partition coefficient (Wildman–Crippen LogP) is -1.24. The van der Waals surface area contributed by atoms with Crippen LogP contribution in [0.1, 0.15) is 5.69 Å². The van der Waals surface area contributed by atoms with E-state index >= 15 is 0 Å². The SMILES string of the molecule is NC(=O)[C@@H](N)Cc1c[nH]cn1. The van der Waals surface area contributed by atoms with Crippen molar-refractivity contribution in [3.63, 3.8) is 0 Å². The van der Waals surface area contributed by atoms with Crippen molar-refractivity contribution < 1.29 is 4.79 Å². The molecular formula is C6H10N4O. The van der Waals surface area contributed by atoms with E-state index in [0.717, 1.165) is 5.69 Å². The molecule has 0 saturated carbocycles. The van der Waals surface area contributed by atoms with Gasteiger partial charge in [0.25, 0.3) is 0 Å². The van der Waals surface area contributed by atoms with Gasteiger partial charge in [0.05, 0.1) is 18.1 Å². The number of amides is 1. The Balaban J connectivity index is 2.50. The van der Waals surface area contributed by atoms with Gasteiger partial charge in [0.15, 0.2) is 0 Å². The summed E-state index contributed by atoms with van der Waals surface area (Å²) < 4.78 is 0. The van der Waals surface area contributed by atoms with Crippen LogP contribution in [0.25, 0.3) is 0 Å². The van der Waals surface area contributed by atoms with E-state index in [9.17, 15) is 4.79 Å². The monoisotopic (exact) mass is 154 g/mol. The van der Waals surface area contributed by atoms with Crippen molar-refractivity contribution in [3.8, 4) is 0 Å². The fraction of sp³-hybridized carbons (Fsp3) is 0.333. The third-order valence-electron chi connectivity index (χ3n) is 1.35. The number of aromatic amines is 1. The van der Waals surface area contributed by atoms with Crippen molar-refractivity contribution in [1.29, 1.82) is 0 Å². The first-order valence-corrected chi connectivity index (χ1v) is 3.22. The fourth-order valence-corrected chi connectivity index (χ4v) is 0.728. The van der Waals surface area contributed by atoms with Crippen molar-refractivity contribution >= 4 is 5.91 Å². The number of aromatic nitrogens is 2. The largest absolute Gasteiger partial charge is 0.368 e. The second kappa shape index (κ2) is 3.16. The molecule has 1 heterocycles. The van der Waals surface area contributed by atoms with Crippen LogP contribution in [0.5, 0.6) is 0 Å². The summed E-state index contributed by atoms with van der Waals surface area (Å²) in [7, 11) is 0. The fourth-order valence-electron chi connectivity index (χ4n) is 0.728. The number of imidazole rings is 1. The average Bonchev–Trinajstić information content (AvgIpc) is 2.39. The molecule has 5 heteroatoms. The molecule has 0 fully saturated rings. The Labute approximate surface area is 63.8 Å². The molecule has 5 N–H and O–H groups in total. The number of primary amides is 1. The van der Waals surface area contributed by atoms with Gasteiger partial charge >= 0.3 is 0 Å². The Morgan fingerprint density at radius 2 is 2.55 bits per heavy atom. The van der Waals surface area contributed by atoms with E-state index in [1.807, 2.05) is 0 Å². The maximum absolute atomic E-state index is 10.5. The predicted molar refractivity (Wildman–Crippen MR) is 39.5 cm³/mol. The summed E-state index contributed by atoms with van der Waals surface area (Å²) in [5.41, 5.74) is 11.1. The highest BCUT2D eigenvalue weighted by Gasteiger charge is 2.10. The highest BCUT2D eigenvalue weighted by atomic mass is 16.1. The van der Waals surface area contributed by atoms with Gasteiger partial charge in [-0.25, -0.2) is 4.98 Å². The third kappa shape index (κ3) is 2.05. The zero-order valence-corrected chi connectivity index (χ0v) is 5.95. The lowest BCUT2D eigenvalue weighted by Crippen LogP contribution is -2.38. The molecule has 0 radical (unpaired) electrons. The smallest absolute Gasteiger partial charge is 0.234 e. The van der Waals surface area contributed by atoms with Crippen molar-refractivity contribution in [2.45, 2.75) is 12.5 Å². The second-order valence-electron chi connectivity index (χ2n) is 2.27. The molecule has 0 aliphatic heterocycles. The first-order valence-electron chi connectivity index (χ1n) is 3.22. The molecule has 0 spiro atoms. The van der Waals surface area contributed by atoms with Gasteiger partial charge in [-0.1, -0.05) is 0 Å². The van der Waals surface area contributed by atoms with E-state index in [1.165, 1.54) is 6.33 Å². The number of H-pyrrole nitrogens is 1. The van der Waals surface area contributed by atoms with E-state index in [1.54, 1.807) is 6.20 Å². The van der Waals surface area contributed by atoms with Crippen LogP contribution in [-0.2, 0) is 11.2 Å². The van der Waals surface area contributed by atoms with Gasteiger partial charge in [-0.15, -0.1) is 0 Å². The van der Waals surface area contributed by atoms with Gasteiger partial charge in [-0.3, -0.25) is 4.79 Å². The zero-order valence-electron chi connectivity index (χ0n) is 5.95. The molecule has 0 aliphatic rings. The molecule has 0 bridgehead atoms. The van der Waals surface area contributed by atoms with Crippen LogP contribution < -0.4 is 11.5 Å². The Bertz CT molecular complexity index is 231. The van der Waals surface area contributed by atoms with Crippen molar-refractivity contribution in [3.05, 3.63) is 18.2 Å². The lowest BCUT2D eigenvalue weighted by atomic mass is 10.2. The molecule has 0 aliphatic carbocycles. The van der Waals surface area contributed by atoms with Gasteiger partial charge < -0.3 is 16.5 Å². The van der Waals surface area contributed by atoms with E-state index in [0.29, 0.717) is 6.42 Å². The third-order valence-corrected chi connectivity index (χ3v) is 1.35. The van der Waals surface area contributed by atoms with Crippen molar-refractivity contribution in [2.75, 3.05) is 0 Å². The molecule has 11 heavy (non-hydrogen) atoms. The number of hydrogen-bond acceptors (Lipinski definition) is 3. The number of nitrogens with one attached hydrogen (secondary N) is 1. The summed E-state index contributed by atoms with van der Waals surface area (Å²) in [6, 6.07) is -0.640. The molecule has 0 aromatic carbocycles. The summed E-state index contributed by atoms with van der Waals surface area (Å²) in [5, 5.41) is 0. The van der Waals surface area contributed by atoms with Gasteiger partial charge in [0.2, 0.25) is 5.91 Å². The first kappa shape index (κ1) is 7.74. The molecule has 1 atom stereocenters. The maximum Gasteiger partial charge on any atom is 0.234 e. The summed E-state index contributed by atoms with van der Waals surface area (Å²) in [5.74, 6) is -0.506. The topological polar surface area (TPSA) is 97.8 Å². The highest BCUT2D eigenvalue weighted by Crippen LogP contribution is 1.94. The first-order chi connectivity index (χ1) is 5.20. The molecule has 1 aromatic rings. The standard InChI is InChI=1S/C6H10N4O/c7-5(6(8)11)1-4-2-9-3-10-4/h2-3,5H,1,7H2,(H2,8,11)(H,9,10)/t5-/m0/s1. The Morgan fingerprint density at radius 3 is 3.00 bits per heavy atom. The summed E-state index contributed by atoms with van der Waals surface area (Å²) in [6.07, 6.45) is 3.60. The minimum atomic E-state index is -0.640. The van der Waals surface area contributed by atoms with Crippen LogP contribution in [0.15, 0.2) is 12.5 Å². The average molecular weight is 154 g/mol. The van der Waals surface area contributed by atoms with Crippen molar-refractivity contribution in [1.82, 2.24) is 9.97 Å². The Hall–Kier alpha value is -1.36. The summed E-state index contributed by atoms with van der Waals surface area (Å²) in [4.78, 5) is 17.1. The lowest BCUT2D eigenvalue weighted by Gasteiger charge is -2.02. The van der Waals surface area contributed by atoms with Gasteiger partial charge in [-0.05, 0) is 0 Å². The van der Waals surface area contributed by atoms with Crippen LogP contribution >= 0.6 is 0 Å². The van der Waals surface area contributed by atoms with Gasteiger partial charge in [0, 0.05) is 12.6 Å². The number of nitrogens with two attached hydrogens (primary N) is 2. The molecule has 5 nitrogen and oxygen atoms in total. The zero-order chi connectivity index (χ0) is 8.27. The van der Waals surface area contributed by atoms with Gasteiger partial charge in [0.1, 0.15) is 0 Å². The molecule has 1 aromatic heterocycles. The van der Waals surface area contributed by atoms with Gasteiger partial charge in [-0.2, -0.15) is 0 Å². The van der Waals surface area contributed by atoms with Crippen molar-refractivity contribution in [2.24, 2.45) is 11.5 Å². The van der Waals surface area contributed by atoms with Crippen LogP contribution in [0, 0.1) is 0 Å². The summed E-state index contributed by atoms with van der Waals surface area (Å²) >= 11 is 0. The minimum absolute atomic E-state index is 0.388. The van der Waals surface area contributed by atoms with E-state index < -0.39 is 11.9 Å². The number of nitrogens with zero attached hydrogens (tertiary/aromatic N) is 1. The second-order valence-corrected chi connectivity index (χ2v) is 2.27. The Kier molecular flexibility index (Phi) is 2.22. The van der Waals surface area contributed by atoms with Crippen LogP contribution in [0.4, 0.5) is 0 Å². The van der Waals surface area contributed by atoms with E-state index in [-0.39, 0.29) is 0 Å². The normalized spacial score (nSPS) is 12.8. The minimum Gasteiger partial charge on any atom is -0.368 e. The molecule has 0 unspecified atom stereocenters. The summed E-state index contributed by atoms with van der Waals surface area (Å²) in [6.45, 7) is 0.